The molecule has 1 saturated heterocycles. The molecule has 3 aromatic carbocycles. The number of benzene rings is 3. The Bertz CT molecular complexity index is 1330. The lowest BCUT2D eigenvalue weighted by molar-refractivity contribution is 0.102. The van der Waals surface area contributed by atoms with E-state index < -0.39 is 0 Å². The number of nitrogens with one attached hydrogen (secondary N) is 2. The van der Waals surface area contributed by atoms with Crippen LogP contribution >= 0.6 is 0 Å². The number of ether oxygens (including phenoxy) is 1. The summed E-state index contributed by atoms with van der Waals surface area (Å²) in [6, 6.07) is 25.5. The summed E-state index contributed by atoms with van der Waals surface area (Å²) in [4.78, 5) is 22.4. The lowest BCUT2D eigenvalue weighted by Gasteiger charge is -2.28. The molecular formula is C28H29N5O2. The van der Waals surface area contributed by atoms with Crippen molar-refractivity contribution in [1.29, 1.82) is 0 Å². The topological polar surface area (TPSA) is 69.7 Å². The molecule has 0 radical (unpaired) electrons. The molecule has 1 aliphatic heterocycles. The monoisotopic (exact) mass is 467 g/mol. The number of rotatable bonds is 6. The van der Waals surface area contributed by atoms with Gasteiger partial charge in [-0.1, -0.05) is 24.3 Å². The molecule has 0 unspecified atom stereocenters. The van der Waals surface area contributed by atoms with Crippen LogP contribution in [0, 0.1) is 0 Å². The van der Waals surface area contributed by atoms with E-state index in [2.05, 4.69) is 15.5 Å². The second-order valence-electron chi connectivity index (χ2n) is 8.74. The van der Waals surface area contributed by atoms with Crippen molar-refractivity contribution < 1.29 is 9.53 Å². The van der Waals surface area contributed by atoms with E-state index in [9.17, 15) is 4.79 Å². The van der Waals surface area contributed by atoms with Crippen molar-refractivity contribution in [3.05, 3.63) is 84.4 Å². The Kier molecular flexibility index (Phi) is 6.50. The third kappa shape index (κ3) is 5.20. The van der Waals surface area contributed by atoms with Gasteiger partial charge in [0.15, 0.2) is 0 Å². The smallest absolute Gasteiger partial charge is 0.256 e. The summed E-state index contributed by atoms with van der Waals surface area (Å²) < 4.78 is 5.43. The van der Waals surface area contributed by atoms with Gasteiger partial charge in [0.25, 0.3) is 5.91 Å². The van der Waals surface area contributed by atoms with E-state index in [1.54, 1.807) is 0 Å². The molecule has 0 atom stereocenters. The number of para-hydroxylation sites is 1. The molecular weight excluding hydrogens is 438 g/mol. The van der Waals surface area contributed by atoms with Crippen LogP contribution in [0.1, 0.15) is 10.4 Å². The molecule has 0 saturated carbocycles. The Morgan fingerprint density at radius 1 is 0.914 bits per heavy atom. The van der Waals surface area contributed by atoms with Crippen molar-refractivity contribution >= 4 is 45.4 Å². The number of fused-ring (bicyclic) bond motifs is 1. The molecule has 1 fully saturated rings. The molecule has 1 aliphatic rings. The Hall–Kier alpha value is -4.10. The standard InChI is InChI=1S/C28H29N5O2/c1-32(2)23-7-5-6-21(18-23)29-27-19-25(24-8-3-4-9-26(24)31-27)28(34)30-20-10-12-22(13-11-20)33-14-16-35-17-15-33/h3-13,18-19H,14-17H2,1-2H3,(H,29,31)(H,30,34). The van der Waals surface area contributed by atoms with Crippen molar-refractivity contribution in [2.45, 2.75) is 0 Å². The Morgan fingerprint density at radius 3 is 2.46 bits per heavy atom. The highest BCUT2D eigenvalue weighted by molar-refractivity contribution is 6.13. The normalized spacial score (nSPS) is 13.5. The highest BCUT2D eigenvalue weighted by atomic mass is 16.5. The van der Waals surface area contributed by atoms with Gasteiger partial charge in [-0.2, -0.15) is 0 Å². The van der Waals surface area contributed by atoms with Gasteiger partial charge in [-0.05, 0) is 54.6 Å². The molecule has 1 aromatic heterocycles. The predicted octanol–water partition coefficient (Wildman–Crippen LogP) is 5.13. The lowest BCUT2D eigenvalue weighted by atomic mass is 10.1. The number of carbonyl (C=O) groups is 1. The minimum atomic E-state index is -0.173. The number of nitrogens with zero attached hydrogens (tertiary/aromatic N) is 3. The molecule has 178 valence electrons. The first-order valence-corrected chi connectivity index (χ1v) is 11.8. The molecule has 7 heteroatoms. The molecule has 35 heavy (non-hydrogen) atoms. The van der Waals surface area contributed by atoms with Crippen LogP contribution in [0.15, 0.2) is 78.9 Å². The van der Waals surface area contributed by atoms with Gasteiger partial charge in [-0.25, -0.2) is 4.98 Å². The van der Waals surface area contributed by atoms with Gasteiger partial charge < -0.3 is 25.2 Å². The highest BCUT2D eigenvalue weighted by Gasteiger charge is 2.15. The van der Waals surface area contributed by atoms with E-state index in [1.165, 1.54) is 0 Å². The molecule has 0 bridgehead atoms. The summed E-state index contributed by atoms with van der Waals surface area (Å²) in [5.74, 6) is 0.445. The fourth-order valence-electron chi connectivity index (χ4n) is 4.21. The zero-order valence-electron chi connectivity index (χ0n) is 20.0. The largest absolute Gasteiger partial charge is 0.378 e. The van der Waals surface area contributed by atoms with Gasteiger partial charge in [0, 0.05) is 55.3 Å². The summed E-state index contributed by atoms with van der Waals surface area (Å²) in [6.45, 7) is 3.23. The van der Waals surface area contributed by atoms with Crippen LogP contribution in [0.2, 0.25) is 0 Å². The maximum atomic E-state index is 13.4. The third-order valence-corrected chi connectivity index (χ3v) is 6.10. The average molecular weight is 468 g/mol. The van der Waals surface area contributed by atoms with Gasteiger partial charge in [-0.3, -0.25) is 4.79 Å². The lowest BCUT2D eigenvalue weighted by Crippen LogP contribution is -2.36. The van der Waals surface area contributed by atoms with Crippen molar-refractivity contribution in [2.24, 2.45) is 0 Å². The Morgan fingerprint density at radius 2 is 1.69 bits per heavy atom. The number of carbonyl (C=O) groups excluding carboxylic acids is 1. The summed E-state index contributed by atoms with van der Waals surface area (Å²) in [7, 11) is 4.01. The van der Waals surface area contributed by atoms with Crippen LogP contribution in [-0.4, -0.2) is 51.3 Å². The van der Waals surface area contributed by atoms with Crippen LogP contribution < -0.4 is 20.4 Å². The number of hydrogen-bond acceptors (Lipinski definition) is 6. The van der Waals surface area contributed by atoms with E-state index >= 15 is 0 Å². The van der Waals surface area contributed by atoms with Crippen molar-refractivity contribution in [1.82, 2.24) is 4.98 Å². The number of pyridine rings is 1. The second kappa shape index (κ2) is 10.0. The average Bonchev–Trinajstić information content (AvgIpc) is 2.89. The highest BCUT2D eigenvalue weighted by Crippen LogP contribution is 2.26. The Labute approximate surface area is 205 Å². The number of aromatic nitrogens is 1. The first-order valence-electron chi connectivity index (χ1n) is 11.8. The first kappa shape index (κ1) is 22.7. The SMILES string of the molecule is CN(C)c1cccc(Nc2cc(C(=O)Nc3ccc(N4CCOCC4)cc3)c3ccccc3n2)c1. The first-order chi connectivity index (χ1) is 17.1. The second-order valence-corrected chi connectivity index (χ2v) is 8.74. The summed E-state index contributed by atoms with van der Waals surface area (Å²) in [6.07, 6.45) is 0. The molecule has 0 spiro atoms. The van der Waals surface area contributed by atoms with E-state index in [0.717, 1.165) is 60.0 Å². The van der Waals surface area contributed by atoms with Gasteiger partial charge >= 0.3 is 0 Å². The van der Waals surface area contributed by atoms with Crippen LogP contribution in [-0.2, 0) is 4.74 Å². The van der Waals surface area contributed by atoms with E-state index in [4.69, 9.17) is 9.72 Å². The Balaban J connectivity index is 1.40. The van der Waals surface area contributed by atoms with E-state index in [0.29, 0.717) is 11.4 Å². The van der Waals surface area contributed by atoms with Gasteiger partial charge in [0.1, 0.15) is 5.82 Å². The molecule has 1 amide bonds. The summed E-state index contributed by atoms with van der Waals surface area (Å²) >= 11 is 0. The summed E-state index contributed by atoms with van der Waals surface area (Å²) in [5, 5.41) is 7.22. The maximum Gasteiger partial charge on any atom is 0.256 e. The van der Waals surface area contributed by atoms with Crippen LogP contribution in [0.25, 0.3) is 10.9 Å². The number of hydrogen-bond donors (Lipinski definition) is 2. The van der Waals surface area contributed by atoms with Crippen molar-refractivity contribution in [2.75, 3.05) is 60.8 Å². The van der Waals surface area contributed by atoms with Crippen molar-refractivity contribution in [3.63, 3.8) is 0 Å². The number of morpholine rings is 1. The zero-order valence-corrected chi connectivity index (χ0v) is 20.0. The molecule has 5 rings (SSSR count). The molecule has 7 nitrogen and oxygen atoms in total. The van der Waals surface area contributed by atoms with Gasteiger partial charge in [0.2, 0.25) is 0 Å². The van der Waals surface area contributed by atoms with Crippen LogP contribution in [0.5, 0.6) is 0 Å². The van der Waals surface area contributed by atoms with Crippen LogP contribution in [0.3, 0.4) is 0 Å². The van der Waals surface area contributed by atoms with Gasteiger partial charge in [0.05, 0.1) is 24.3 Å². The van der Waals surface area contributed by atoms with Crippen molar-refractivity contribution in [3.8, 4) is 0 Å². The van der Waals surface area contributed by atoms with Gasteiger partial charge in [-0.15, -0.1) is 0 Å². The molecule has 0 aliphatic carbocycles. The molecule has 2 heterocycles. The minimum absolute atomic E-state index is 0.173. The minimum Gasteiger partial charge on any atom is -0.378 e. The van der Waals surface area contributed by atoms with Crippen LogP contribution in [0.4, 0.5) is 28.6 Å². The summed E-state index contributed by atoms with van der Waals surface area (Å²) in [5.41, 5.74) is 5.19. The number of amides is 1. The van der Waals surface area contributed by atoms with E-state index in [-0.39, 0.29) is 5.91 Å². The quantitative estimate of drug-likeness (QED) is 0.410. The fraction of sp³-hybridized carbons (Fsp3) is 0.214. The van der Waals surface area contributed by atoms with E-state index in [1.807, 2.05) is 97.9 Å². The third-order valence-electron chi connectivity index (χ3n) is 6.10. The predicted molar refractivity (Wildman–Crippen MR) is 143 cm³/mol. The molecule has 4 aromatic rings. The maximum absolute atomic E-state index is 13.4. The fourth-order valence-corrected chi connectivity index (χ4v) is 4.21. The number of anilines is 5. The molecule has 2 N–H and O–H groups in total. The zero-order chi connectivity index (χ0) is 24.2.